The van der Waals surface area contributed by atoms with Gasteiger partial charge in [0.25, 0.3) is 0 Å². The molecule has 0 radical (unpaired) electrons. The second kappa shape index (κ2) is 6.48. The molecule has 1 aromatic heterocycles. The van der Waals surface area contributed by atoms with E-state index in [9.17, 15) is 0 Å². The fourth-order valence-corrected chi connectivity index (χ4v) is 3.55. The summed E-state index contributed by atoms with van der Waals surface area (Å²) in [6.45, 7) is 10.8. The van der Waals surface area contributed by atoms with Crippen LogP contribution in [-0.2, 0) is 13.0 Å². The van der Waals surface area contributed by atoms with Gasteiger partial charge in [-0.2, -0.15) is 5.10 Å². The van der Waals surface area contributed by atoms with E-state index in [1.54, 1.807) is 0 Å². The smallest absolute Gasteiger partial charge is 0.0847 e. The maximum absolute atomic E-state index is 6.51. The molecule has 1 atom stereocenters. The lowest BCUT2D eigenvalue weighted by Crippen LogP contribution is -2.51. The molecule has 4 heteroatoms. The number of nitrogens with one attached hydrogen (secondary N) is 1. The number of halogens is 1. The third-order valence-corrected chi connectivity index (χ3v) is 5.31. The van der Waals surface area contributed by atoms with Crippen molar-refractivity contribution in [2.45, 2.75) is 71.9 Å². The Kier molecular flexibility index (Phi) is 5.14. The number of aryl methyl sites for hydroxylation is 2. The summed E-state index contributed by atoms with van der Waals surface area (Å²) in [7, 11) is 0. The quantitative estimate of drug-likeness (QED) is 0.911. The first-order valence-electron chi connectivity index (χ1n) is 7.97. The minimum Gasteiger partial charge on any atom is -0.311 e. The molecule has 20 heavy (non-hydrogen) atoms. The lowest BCUT2D eigenvalue weighted by atomic mass is 9.78. The van der Waals surface area contributed by atoms with Crippen molar-refractivity contribution < 1.29 is 0 Å². The van der Waals surface area contributed by atoms with Gasteiger partial charge in [-0.1, -0.05) is 38.3 Å². The van der Waals surface area contributed by atoms with Crippen LogP contribution in [0.1, 0.15) is 57.8 Å². The molecule has 0 bridgehead atoms. The molecule has 1 unspecified atom stereocenters. The van der Waals surface area contributed by atoms with Gasteiger partial charge in [-0.3, -0.25) is 4.68 Å². The molecule has 0 saturated carbocycles. The van der Waals surface area contributed by atoms with Crippen molar-refractivity contribution in [1.82, 2.24) is 15.1 Å². The minimum absolute atomic E-state index is 0.166. The maximum Gasteiger partial charge on any atom is 0.0847 e. The molecule has 0 amide bonds. The molecule has 0 aromatic carbocycles. The zero-order chi connectivity index (χ0) is 14.8. The Morgan fingerprint density at radius 2 is 2.10 bits per heavy atom. The second-order valence-electron chi connectivity index (χ2n) is 6.39. The van der Waals surface area contributed by atoms with Crippen LogP contribution in [-0.4, -0.2) is 21.9 Å². The molecule has 1 aliphatic heterocycles. The molecular formula is C16H28ClN3. The Labute approximate surface area is 128 Å². The fourth-order valence-electron chi connectivity index (χ4n) is 3.35. The molecule has 1 aromatic rings. The van der Waals surface area contributed by atoms with Crippen molar-refractivity contribution in [3.63, 3.8) is 0 Å². The van der Waals surface area contributed by atoms with Gasteiger partial charge in [0.15, 0.2) is 0 Å². The molecular weight excluding hydrogens is 270 g/mol. The van der Waals surface area contributed by atoms with E-state index in [1.807, 2.05) is 6.92 Å². The number of hydrogen-bond acceptors (Lipinski definition) is 2. The van der Waals surface area contributed by atoms with E-state index in [0.717, 1.165) is 30.2 Å². The van der Waals surface area contributed by atoms with Gasteiger partial charge in [0.2, 0.25) is 0 Å². The molecule has 1 N–H and O–H groups in total. The van der Waals surface area contributed by atoms with Crippen molar-refractivity contribution >= 4 is 11.6 Å². The Balaban J connectivity index is 2.32. The number of rotatable bonds is 4. The number of hydrogen-bond donors (Lipinski definition) is 1. The van der Waals surface area contributed by atoms with Gasteiger partial charge in [0.1, 0.15) is 0 Å². The molecule has 3 nitrogen and oxygen atoms in total. The monoisotopic (exact) mass is 297 g/mol. The van der Waals surface area contributed by atoms with Crippen LogP contribution >= 0.6 is 11.6 Å². The maximum atomic E-state index is 6.51. The highest BCUT2D eigenvalue weighted by atomic mass is 35.5. The van der Waals surface area contributed by atoms with Gasteiger partial charge in [0, 0.05) is 18.5 Å². The average Bonchev–Trinajstić information content (AvgIpc) is 2.62. The van der Waals surface area contributed by atoms with Crippen LogP contribution in [0.25, 0.3) is 0 Å². The predicted octanol–water partition coefficient (Wildman–Crippen LogP) is 3.97. The molecule has 2 heterocycles. The summed E-state index contributed by atoms with van der Waals surface area (Å²) in [5.74, 6) is 0.595. The summed E-state index contributed by atoms with van der Waals surface area (Å²) in [5.41, 5.74) is 2.32. The van der Waals surface area contributed by atoms with Crippen molar-refractivity contribution in [2.75, 3.05) is 6.54 Å². The summed E-state index contributed by atoms with van der Waals surface area (Å²) < 4.78 is 2.08. The first-order chi connectivity index (χ1) is 9.50. The first-order valence-corrected chi connectivity index (χ1v) is 8.35. The molecule has 114 valence electrons. The highest BCUT2D eigenvalue weighted by Gasteiger charge is 2.36. The van der Waals surface area contributed by atoms with E-state index in [-0.39, 0.29) is 5.54 Å². The van der Waals surface area contributed by atoms with Gasteiger partial charge in [-0.15, -0.1) is 0 Å². The zero-order valence-corrected chi connectivity index (χ0v) is 14.1. The summed E-state index contributed by atoms with van der Waals surface area (Å²) in [6.07, 6.45) is 6.14. The Hall–Kier alpha value is -0.540. The second-order valence-corrected chi connectivity index (χ2v) is 6.76. The van der Waals surface area contributed by atoms with Crippen molar-refractivity contribution in [3.05, 3.63) is 16.4 Å². The Morgan fingerprint density at radius 3 is 2.75 bits per heavy atom. The highest BCUT2D eigenvalue weighted by molar-refractivity contribution is 6.31. The van der Waals surface area contributed by atoms with Crippen LogP contribution in [0.5, 0.6) is 0 Å². The van der Waals surface area contributed by atoms with E-state index in [0.29, 0.717) is 5.92 Å². The van der Waals surface area contributed by atoms with Gasteiger partial charge < -0.3 is 5.32 Å². The van der Waals surface area contributed by atoms with Gasteiger partial charge in [0.05, 0.1) is 16.4 Å². The number of aromatic nitrogens is 2. The van der Waals surface area contributed by atoms with E-state index in [4.69, 9.17) is 11.6 Å². The van der Waals surface area contributed by atoms with Crippen molar-refractivity contribution in [1.29, 1.82) is 0 Å². The molecule has 1 aliphatic rings. The Morgan fingerprint density at radius 1 is 1.35 bits per heavy atom. The molecule has 1 saturated heterocycles. The normalized spacial score (nSPS) is 24.1. The van der Waals surface area contributed by atoms with E-state index in [1.165, 1.54) is 31.4 Å². The van der Waals surface area contributed by atoms with E-state index >= 15 is 0 Å². The van der Waals surface area contributed by atoms with Crippen LogP contribution < -0.4 is 5.32 Å². The molecule has 1 fully saturated rings. The van der Waals surface area contributed by atoms with Crippen molar-refractivity contribution in [3.8, 4) is 0 Å². The first kappa shape index (κ1) is 15.8. The third kappa shape index (κ3) is 3.04. The van der Waals surface area contributed by atoms with Crippen LogP contribution in [0.2, 0.25) is 5.02 Å². The summed E-state index contributed by atoms with van der Waals surface area (Å²) >= 11 is 6.51. The summed E-state index contributed by atoms with van der Waals surface area (Å²) in [6, 6.07) is 0. The van der Waals surface area contributed by atoms with Crippen LogP contribution in [0.3, 0.4) is 0 Å². The van der Waals surface area contributed by atoms with E-state index in [2.05, 4.69) is 35.9 Å². The van der Waals surface area contributed by atoms with Crippen LogP contribution in [0.15, 0.2) is 0 Å². The summed E-state index contributed by atoms with van der Waals surface area (Å²) in [4.78, 5) is 0. The zero-order valence-electron chi connectivity index (χ0n) is 13.3. The van der Waals surface area contributed by atoms with Gasteiger partial charge in [-0.25, -0.2) is 0 Å². The summed E-state index contributed by atoms with van der Waals surface area (Å²) in [5, 5.41) is 9.26. The lowest BCUT2D eigenvalue weighted by molar-refractivity contribution is 0.221. The van der Waals surface area contributed by atoms with Gasteiger partial charge in [-0.05, 0) is 39.2 Å². The fraction of sp³-hybridized carbons (Fsp3) is 0.812. The van der Waals surface area contributed by atoms with Crippen LogP contribution in [0.4, 0.5) is 0 Å². The van der Waals surface area contributed by atoms with Gasteiger partial charge >= 0.3 is 0 Å². The minimum atomic E-state index is 0.166. The van der Waals surface area contributed by atoms with Crippen molar-refractivity contribution in [2.24, 2.45) is 5.92 Å². The largest absolute Gasteiger partial charge is 0.311 e. The molecule has 0 spiro atoms. The molecule has 2 rings (SSSR count). The topological polar surface area (TPSA) is 29.9 Å². The lowest BCUT2D eigenvalue weighted by Gasteiger charge is -2.38. The standard InChI is InChI=1S/C16H28ClN3/c1-5-20-14(15(17)13(4)19-20)11-16(12(2)3)9-7-6-8-10-18-16/h12,18H,5-11H2,1-4H3. The van der Waals surface area contributed by atoms with E-state index < -0.39 is 0 Å². The average molecular weight is 298 g/mol. The third-order valence-electron chi connectivity index (χ3n) is 4.82. The number of nitrogens with zero attached hydrogens (tertiary/aromatic N) is 2. The Bertz CT molecular complexity index is 443. The highest BCUT2D eigenvalue weighted by Crippen LogP contribution is 2.33. The van der Waals surface area contributed by atoms with Crippen LogP contribution in [0, 0.1) is 12.8 Å². The molecule has 0 aliphatic carbocycles. The SMILES string of the molecule is CCn1nc(C)c(Cl)c1CC1(C(C)C)CCCCCN1. The predicted molar refractivity (Wildman–Crippen MR) is 85.4 cm³/mol.